The molecule has 24 heavy (non-hydrogen) atoms. The Morgan fingerprint density at radius 2 is 1.79 bits per heavy atom. The third-order valence-corrected chi connectivity index (χ3v) is 4.22. The summed E-state index contributed by atoms with van der Waals surface area (Å²) in [6.45, 7) is -0.0489. The molecule has 2 aromatic rings. The van der Waals surface area contributed by atoms with Crippen LogP contribution < -0.4 is 10.1 Å². The Labute approximate surface area is 150 Å². The van der Waals surface area contributed by atoms with Crippen molar-refractivity contribution in [3.05, 3.63) is 57.6 Å². The molecule has 1 aliphatic rings. The molecule has 0 unspecified atom stereocenters. The summed E-state index contributed by atoms with van der Waals surface area (Å²) >= 11 is 12.1. The number of halogens is 2. The second-order valence-electron chi connectivity index (χ2n) is 5.83. The Morgan fingerprint density at radius 3 is 2.50 bits per heavy atom. The predicted octanol–water partition coefficient (Wildman–Crippen LogP) is 3.95. The summed E-state index contributed by atoms with van der Waals surface area (Å²) < 4.78 is 5.64. The highest BCUT2D eigenvalue weighted by Gasteiger charge is 2.23. The fourth-order valence-electron chi connectivity index (χ4n) is 2.37. The molecule has 2 N–H and O–H groups in total. The van der Waals surface area contributed by atoms with Gasteiger partial charge in [-0.25, -0.2) is 0 Å². The number of hydrogen-bond acceptors (Lipinski definition) is 3. The van der Waals surface area contributed by atoms with Crippen molar-refractivity contribution in [1.82, 2.24) is 5.32 Å². The molecule has 0 heterocycles. The molecule has 3 rings (SSSR count). The summed E-state index contributed by atoms with van der Waals surface area (Å²) in [7, 11) is 0. The van der Waals surface area contributed by atoms with Crippen LogP contribution in [0.5, 0.6) is 11.5 Å². The third kappa shape index (κ3) is 4.56. The first-order valence-corrected chi connectivity index (χ1v) is 8.45. The molecule has 0 radical (unpaired) electrons. The summed E-state index contributed by atoms with van der Waals surface area (Å²) in [6.07, 6.45) is 2.46. The highest BCUT2D eigenvalue weighted by atomic mass is 35.5. The van der Waals surface area contributed by atoms with Crippen molar-refractivity contribution in [3.63, 3.8) is 0 Å². The highest BCUT2D eigenvalue weighted by Crippen LogP contribution is 2.30. The SMILES string of the molecule is O=C(COc1ccc(Cl)cc1Cc1cc(Cl)ccc1O)NC1CC1. The van der Waals surface area contributed by atoms with Gasteiger partial charge >= 0.3 is 0 Å². The van der Waals surface area contributed by atoms with Gasteiger partial charge in [-0.1, -0.05) is 23.2 Å². The number of amides is 1. The van der Waals surface area contributed by atoms with E-state index in [9.17, 15) is 9.90 Å². The molecule has 1 aliphatic carbocycles. The summed E-state index contributed by atoms with van der Waals surface area (Å²) in [5.41, 5.74) is 1.44. The van der Waals surface area contributed by atoms with Crippen LogP contribution in [-0.4, -0.2) is 23.7 Å². The first kappa shape index (κ1) is 16.9. The number of carbonyl (C=O) groups excluding carboxylic acids is 1. The summed E-state index contributed by atoms with van der Waals surface area (Å²) in [4.78, 5) is 11.8. The van der Waals surface area contributed by atoms with Gasteiger partial charge in [0.05, 0.1) is 0 Å². The van der Waals surface area contributed by atoms with Crippen LogP contribution in [0.4, 0.5) is 0 Å². The van der Waals surface area contributed by atoms with Crippen LogP contribution in [0.2, 0.25) is 10.0 Å². The van der Waals surface area contributed by atoms with Crippen LogP contribution in [0, 0.1) is 0 Å². The van der Waals surface area contributed by atoms with Crippen LogP contribution in [0.3, 0.4) is 0 Å². The molecule has 4 nitrogen and oxygen atoms in total. The molecular weight excluding hydrogens is 349 g/mol. The van der Waals surface area contributed by atoms with Gasteiger partial charge in [0, 0.05) is 28.1 Å². The van der Waals surface area contributed by atoms with Gasteiger partial charge in [0.15, 0.2) is 6.61 Å². The lowest BCUT2D eigenvalue weighted by Gasteiger charge is -2.13. The predicted molar refractivity (Wildman–Crippen MR) is 94.0 cm³/mol. The van der Waals surface area contributed by atoms with Crippen molar-refractivity contribution in [3.8, 4) is 11.5 Å². The number of hydrogen-bond donors (Lipinski definition) is 2. The van der Waals surface area contributed by atoms with E-state index in [-0.39, 0.29) is 18.3 Å². The van der Waals surface area contributed by atoms with Crippen LogP contribution in [0.15, 0.2) is 36.4 Å². The highest BCUT2D eigenvalue weighted by molar-refractivity contribution is 6.31. The van der Waals surface area contributed by atoms with E-state index in [4.69, 9.17) is 27.9 Å². The lowest BCUT2D eigenvalue weighted by Crippen LogP contribution is -2.30. The molecule has 0 aliphatic heterocycles. The van der Waals surface area contributed by atoms with Crippen molar-refractivity contribution in [2.75, 3.05) is 6.61 Å². The molecule has 126 valence electrons. The number of rotatable bonds is 6. The largest absolute Gasteiger partial charge is 0.508 e. The average Bonchev–Trinajstić information content (AvgIpc) is 3.34. The van der Waals surface area contributed by atoms with E-state index < -0.39 is 0 Å². The van der Waals surface area contributed by atoms with E-state index in [1.807, 2.05) is 0 Å². The lowest BCUT2D eigenvalue weighted by molar-refractivity contribution is -0.123. The zero-order valence-corrected chi connectivity index (χ0v) is 14.4. The average molecular weight is 366 g/mol. The Bertz CT molecular complexity index is 760. The molecule has 0 saturated heterocycles. The van der Waals surface area contributed by atoms with E-state index in [1.165, 1.54) is 0 Å². The van der Waals surface area contributed by atoms with Gasteiger partial charge in [-0.2, -0.15) is 0 Å². The van der Waals surface area contributed by atoms with Crippen molar-refractivity contribution >= 4 is 29.1 Å². The van der Waals surface area contributed by atoms with Crippen LogP contribution in [0.1, 0.15) is 24.0 Å². The summed E-state index contributed by atoms with van der Waals surface area (Å²) in [5, 5.41) is 14.0. The van der Waals surface area contributed by atoms with Gasteiger partial charge in [-0.15, -0.1) is 0 Å². The third-order valence-electron chi connectivity index (χ3n) is 3.75. The molecular formula is C18H17Cl2NO3. The van der Waals surface area contributed by atoms with E-state index >= 15 is 0 Å². The van der Waals surface area contributed by atoms with E-state index in [0.29, 0.717) is 33.8 Å². The van der Waals surface area contributed by atoms with E-state index in [1.54, 1.807) is 36.4 Å². The second kappa shape index (κ2) is 7.32. The second-order valence-corrected chi connectivity index (χ2v) is 6.71. The first-order valence-electron chi connectivity index (χ1n) is 7.69. The van der Waals surface area contributed by atoms with E-state index in [2.05, 4.69) is 5.32 Å². The van der Waals surface area contributed by atoms with Gasteiger partial charge in [0.25, 0.3) is 5.91 Å². The minimum atomic E-state index is -0.135. The van der Waals surface area contributed by atoms with Crippen LogP contribution in [-0.2, 0) is 11.2 Å². The first-order chi connectivity index (χ1) is 11.5. The lowest BCUT2D eigenvalue weighted by atomic mass is 10.0. The Kier molecular flexibility index (Phi) is 5.17. The van der Waals surface area contributed by atoms with Gasteiger partial charge in [-0.05, 0) is 54.8 Å². The molecule has 1 fully saturated rings. The standard InChI is InChI=1S/C18H17Cl2NO3/c19-13-1-5-16(22)11(8-13)7-12-9-14(20)2-6-17(12)24-10-18(23)21-15-3-4-15/h1-2,5-6,8-9,15,22H,3-4,7,10H2,(H,21,23). The summed E-state index contributed by atoms with van der Waals surface area (Å²) in [5.74, 6) is 0.575. The van der Waals surface area contributed by atoms with Crippen molar-refractivity contribution in [2.24, 2.45) is 0 Å². The van der Waals surface area contributed by atoms with Crippen molar-refractivity contribution in [1.29, 1.82) is 0 Å². The van der Waals surface area contributed by atoms with E-state index in [0.717, 1.165) is 18.4 Å². The molecule has 1 amide bonds. The Balaban J connectivity index is 1.74. The number of aromatic hydroxyl groups is 1. The van der Waals surface area contributed by atoms with Crippen LogP contribution in [0.25, 0.3) is 0 Å². The molecule has 6 heteroatoms. The quantitative estimate of drug-likeness (QED) is 0.814. The topological polar surface area (TPSA) is 58.6 Å². The normalized spacial score (nSPS) is 13.6. The number of ether oxygens (including phenoxy) is 1. The van der Waals surface area contributed by atoms with Crippen molar-refractivity contribution in [2.45, 2.75) is 25.3 Å². The van der Waals surface area contributed by atoms with Gasteiger partial charge in [0.1, 0.15) is 11.5 Å². The number of phenolic OH excluding ortho intramolecular Hbond substituents is 1. The minimum absolute atomic E-state index is 0.0489. The molecule has 2 aromatic carbocycles. The smallest absolute Gasteiger partial charge is 0.258 e. The van der Waals surface area contributed by atoms with Gasteiger partial charge in [-0.3, -0.25) is 4.79 Å². The van der Waals surface area contributed by atoms with Gasteiger partial charge < -0.3 is 15.2 Å². The fourth-order valence-corrected chi connectivity index (χ4v) is 2.76. The fraction of sp³-hybridized carbons (Fsp3) is 0.278. The number of carbonyl (C=O) groups is 1. The number of phenols is 1. The van der Waals surface area contributed by atoms with Crippen LogP contribution >= 0.6 is 23.2 Å². The Morgan fingerprint density at radius 1 is 1.12 bits per heavy atom. The zero-order chi connectivity index (χ0) is 17.1. The molecule has 0 atom stereocenters. The minimum Gasteiger partial charge on any atom is -0.508 e. The maximum atomic E-state index is 11.8. The monoisotopic (exact) mass is 365 g/mol. The number of benzene rings is 2. The van der Waals surface area contributed by atoms with Gasteiger partial charge in [0.2, 0.25) is 0 Å². The number of nitrogens with one attached hydrogen (secondary N) is 1. The zero-order valence-electron chi connectivity index (χ0n) is 12.9. The molecule has 1 saturated carbocycles. The maximum absolute atomic E-state index is 11.8. The maximum Gasteiger partial charge on any atom is 0.258 e. The van der Waals surface area contributed by atoms with Crippen molar-refractivity contribution < 1.29 is 14.6 Å². The summed E-state index contributed by atoms with van der Waals surface area (Å²) in [6, 6.07) is 10.4. The molecule has 0 aromatic heterocycles. The molecule has 0 spiro atoms. The Hall–Kier alpha value is -1.91. The molecule has 0 bridgehead atoms.